The zero-order valence-electron chi connectivity index (χ0n) is 11.8. The number of fused-ring (bicyclic) bond motifs is 3. The maximum atomic E-state index is 11.7. The maximum absolute atomic E-state index is 11.7. The van der Waals surface area contributed by atoms with Crippen molar-refractivity contribution in [2.75, 3.05) is 18.5 Å². The largest absolute Gasteiger partial charge is 0.490 e. The van der Waals surface area contributed by atoms with Gasteiger partial charge in [-0.2, -0.15) is 0 Å². The molecule has 2 heterocycles. The second-order valence-corrected chi connectivity index (χ2v) is 5.87. The third-order valence-corrected chi connectivity index (χ3v) is 4.37. The van der Waals surface area contributed by atoms with Crippen LogP contribution >= 0.6 is 0 Å². The minimum atomic E-state index is -1.30. The number of ether oxygens (including phenoxy) is 1. The standard InChI is InChI=1S/C15H20N2O3/c1-9-8-10-12(20-9)5-4-11-13(10)17(2)7-3-6-15(11,16)14(18)19/h4-5,9H,3,6-8,16H2,1-2H3,(H,18,19). The number of rotatable bonds is 1. The molecule has 0 aromatic heterocycles. The molecular weight excluding hydrogens is 256 g/mol. The first-order chi connectivity index (χ1) is 9.43. The Morgan fingerprint density at radius 1 is 1.55 bits per heavy atom. The van der Waals surface area contributed by atoms with Crippen molar-refractivity contribution < 1.29 is 14.6 Å². The molecule has 3 rings (SSSR count). The molecule has 2 atom stereocenters. The number of carboxylic acid groups (broad SMARTS) is 1. The van der Waals surface area contributed by atoms with Gasteiger partial charge in [-0.05, 0) is 25.8 Å². The lowest BCUT2D eigenvalue weighted by Gasteiger charge is -2.28. The molecule has 0 spiro atoms. The fourth-order valence-electron chi connectivity index (χ4n) is 3.33. The summed E-state index contributed by atoms with van der Waals surface area (Å²) in [6.45, 7) is 2.83. The van der Waals surface area contributed by atoms with Gasteiger partial charge in [0.15, 0.2) is 0 Å². The molecule has 1 aromatic rings. The van der Waals surface area contributed by atoms with E-state index in [-0.39, 0.29) is 6.10 Å². The van der Waals surface area contributed by atoms with E-state index in [1.165, 1.54) is 0 Å². The van der Waals surface area contributed by atoms with Gasteiger partial charge >= 0.3 is 5.97 Å². The van der Waals surface area contributed by atoms with Crippen LogP contribution in [0, 0.1) is 0 Å². The number of hydrogen-bond acceptors (Lipinski definition) is 4. The molecule has 5 nitrogen and oxygen atoms in total. The van der Waals surface area contributed by atoms with Gasteiger partial charge in [0.2, 0.25) is 0 Å². The third-order valence-electron chi connectivity index (χ3n) is 4.37. The van der Waals surface area contributed by atoms with Crippen LogP contribution in [0.1, 0.15) is 30.9 Å². The zero-order valence-corrected chi connectivity index (χ0v) is 11.8. The summed E-state index contributed by atoms with van der Waals surface area (Å²) in [7, 11) is 2.00. The highest BCUT2D eigenvalue weighted by Crippen LogP contribution is 2.44. The summed E-state index contributed by atoms with van der Waals surface area (Å²) in [5, 5.41) is 9.58. The van der Waals surface area contributed by atoms with Crippen molar-refractivity contribution in [1.29, 1.82) is 0 Å². The van der Waals surface area contributed by atoms with Gasteiger partial charge in [0.1, 0.15) is 17.4 Å². The highest BCUT2D eigenvalue weighted by Gasteiger charge is 2.42. The Hall–Kier alpha value is -1.75. The van der Waals surface area contributed by atoms with E-state index in [9.17, 15) is 9.90 Å². The molecule has 2 aliphatic heterocycles. The van der Waals surface area contributed by atoms with Crippen molar-refractivity contribution in [2.45, 2.75) is 37.8 Å². The molecule has 3 N–H and O–H groups in total. The Kier molecular flexibility index (Phi) is 2.90. The van der Waals surface area contributed by atoms with Crippen molar-refractivity contribution in [3.8, 4) is 5.75 Å². The van der Waals surface area contributed by atoms with Crippen LogP contribution in [0.4, 0.5) is 5.69 Å². The normalized spacial score (nSPS) is 28.4. The summed E-state index contributed by atoms with van der Waals surface area (Å²) in [5.74, 6) is -0.0984. The van der Waals surface area contributed by atoms with Crippen LogP contribution in [-0.2, 0) is 16.8 Å². The fraction of sp³-hybridized carbons (Fsp3) is 0.533. The van der Waals surface area contributed by atoms with E-state index >= 15 is 0 Å². The average Bonchev–Trinajstić information content (AvgIpc) is 2.70. The Bertz CT molecular complexity index is 572. The Morgan fingerprint density at radius 3 is 3.00 bits per heavy atom. The Labute approximate surface area is 118 Å². The van der Waals surface area contributed by atoms with Crippen molar-refractivity contribution in [3.05, 3.63) is 23.3 Å². The maximum Gasteiger partial charge on any atom is 0.328 e. The van der Waals surface area contributed by atoms with Crippen LogP contribution < -0.4 is 15.4 Å². The third kappa shape index (κ3) is 1.77. The summed E-state index contributed by atoms with van der Waals surface area (Å²) in [6, 6.07) is 3.68. The van der Waals surface area contributed by atoms with Gasteiger partial charge in [0.05, 0.1) is 0 Å². The van der Waals surface area contributed by atoms with Gasteiger partial charge in [-0.3, -0.25) is 0 Å². The first-order valence-electron chi connectivity index (χ1n) is 7.00. The summed E-state index contributed by atoms with van der Waals surface area (Å²) in [4.78, 5) is 13.8. The monoisotopic (exact) mass is 276 g/mol. The van der Waals surface area contributed by atoms with Crippen molar-refractivity contribution in [3.63, 3.8) is 0 Å². The molecule has 0 amide bonds. The van der Waals surface area contributed by atoms with Crippen molar-refractivity contribution in [2.24, 2.45) is 5.73 Å². The number of benzene rings is 1. The molecule has 108 valence electrons. The molecule has 20 heavy (non-hydrogen) atoms. The molecule has 1 aromatic carbocycles. The van der Waals surface area contributed by atoms with Crippen LogP contribution in [0.15, 0.2) is 12.1 Å². The van der Waals surface area contributed by atoms with Gasteiger partial charge in [-0.15, -0.1) is 0 Å². The van der Waals surface area contributed by atoms with E-state index in [1.807, 2.05) is 26.1 Å². The summed E-state index contributed by atoms with van der Waals surface area (Å²) in [5.41, 5.74) is 7.69. The van der Waals surface area contributed by atoms with Gasteiger partial charge in [-0.1, -0.05) is 6.07 Å². The highest BCUT2D eigenvalue weighted by atomic mass is 16.5. The van der Waals surface area contributed by atoms with Crippen LogP contribution in [0.3, 0.4) is 0 Å². The molecule has 0 aliphatic carbocycles. The van der Waals surface area contributed by atoms with Gasteiger partial charge in [0.25, 0.3) is 0 Å². The second-order valence-electron chi connectivity index (χ2n) is 5.87. The van der Waals surface area contributed by atoms with Crippen molar-refractivity contribution in [1.82, 2.24) is 0 Å². The first kappa shape index (κ1) is 13.2. The molecule has 0 radical (unpaired) electrons. The van der Waals surface area contributed by atoms with E-state index in [1.54, 1.807) is 0 Å². The average molecular weight is 276 g/mol. The predicted molar refractivity (Wildman–Crippen MR) is 76.2 cm³/mol. The van der Waals surface area contributed by atoms with E-state index in [4.69, 9.17) is 10.5 Å². The summed E-state index contributed by atoms with van der Waals surface area (Å²) >= 11 is 0. The number of nitrogens with zero attached hydrogens (tertiary/aromatic N) is 1. The number of aliphatic carboxylic acids is 1. The molecule has 0 bridgehead atoms. The van der Waals surface area contributed by atoms with E-state index in [0.717, 1.165) is 36.4 Å². The number of hydrogen-bond donors (Lipinski definition) is 2. The molecule has 5 heteroatoms. The predicted octanol–water partition coefficient (Wildman–Crippen LogP) is 1.48. The number of carboxylic acids is 1. The fourth-order valence-corrected chi connectivity index (χ4v) is 3.33. The van der Waals surface area contributed by atoms with Gasteiger partial charge < -0.3 is 20.5 Å². The number of carbonyl (C=O) groups is 1. The molecule has 0 saturated carbocycles. The highest BCUT2D eigenvalue weighted by molar-refractivity contribution is 5.85. The molecule has 0 fully saturated rings. The quantitative estimate of drug-likeness (QED) is 0.812. The zero-order chi connectivity index (χ0) is 14.5. The molecular formula is C15H20N2O3. The van der Waals surface area contributed by atoms with Gasteiger partial charge in [0, 0.05) is 36.8 Å². The van der Waals surface area contributed by atoms with Crippen LogP contribution in [0.25, 0.3) is 0 Å². The summed E-state index contributed by atoms with van der Waals surface area (Å²) in [6.07, 6.45) is 2.15. The molecule has 2 aliphatic rings. The SMILES string of the molecule is CC1Cc2c(ccc3c2N(C)CCCC3(N)C(=O)O)O1. The summed E-state index contributed by atoms with van der Waals surface area (Å²) < 4.78 is 5.78. The molecule has 0 saturated heterocycles. The van der Waals surface area contributed by atoms with Crippen LogP contribution in [0.5, 0.6) is 5.75 Å². The van der Waals surface area contributed by atoms with E-state index in [2.05, 4.69) is 4.90 Å². The Balaban J connectivity index is 2.23. The minimum Gasteiger partial charge on any atom is -0.490 e. The van der Waals surface area contributed by atoms with Crippen LogP contribution in [-0.4, -0.2) is 30.8 Å². The lowest BCUT2D eigenvalue weighted by atomic mass is 9.84. The Morgan fingerprint density at radius 2 is 2.30 bits per heavy atom. The topological polar surface area (TPSA) is 75.8 Å². The number of anilines is 1. The lowest BCUT2D eigenvalue weighted by Crippen LogP contribution is -2.44. The first-order valence-corrected chi connectivity index (χ1v) is 7.00. The van der Waals surface area contributed by atoms with Crippen molar-refractivity contribution >= 4 is 11.7 Å². The van der Waals surface area contributed by atoms with Crippen LogP contribution in [0.2, 0.25) is 0 Å². The number of nitrogens with two attached hydrogens (primary N) is 1. The van der Waals surface area contributed by atoms with E-state index in [0.29, 0.717) is 12.0 Å². The van der Waals surface area contributed by atoms with E-state index < -0.39 is 11.5 Å². The molecule has 2 unspecified atom stereocenters. The second kappa shape index (κ2) is 4.38. The lowest BCUT2D eigenvalue weighted by molar-refractivity contribution is -0.144. The smallest absolute Gasteiger partial charge is 0.328 e. The van der Waals surface area contributed by atoms with Gasteiger partial charge in [-0.25, -0.2) is 4.79 Å². The minimum absolute atomic E-state index is 0.130.